The Hall–Kier alpha value is -1.73. The van der Waals surface area contributed by atoms with Crippen LogP contribution in [0.5, 0.6) is 0 Å². The fraction of sp³-hybridized carbons (Fsp3) is 0.368. The Labute approximate surface area is 162 Å². The molecule has 0 saturated carbocycles. The van der Waals surface area contributed by atoms with Crippen LogP contribution in [0, 0.1) is 12.8 Å². The van der Waals surface area contributed by atoms with Crippen LogP contribution in [0.3, 0.4) is 0 Å². The summed E-state index contributed by atoms with van der Waals surface area (Å²) in [6, 6.07) is 12.2. The van der Waals surface area contributed by atoms with Crippen molar-refractivity contribution in [2.24, 2.45) is 11.7 Å². The second-order valence-corrected chi connectivity index (χ2v) is 7.62. The third kappa shape index (κ3) is 3.55. The smallest absolute Gasteiger partial charge is 0.259 e. The average molecular weight is 391 g/mol. The molecule has 4 rings (SSSR count). The van der Waals surface area contributed by atoms with Crippen molar-refractivity contribution < 1.29 is 0 Å². The highest BCUT2D eigenvalue weighted by molar-refractivity contribution is 7.15. The number of aromatic nitrogens is 2. The van der Waals surface area contributed by atoms with E-state index in [1.54, 1.807) is 10.5 Å². The molecule has 2 N–H and O–H groups in total. The lowest BCUT2D eigenvalue weighted by Gasteiger charge is -2.16. The first-order valence-corrected chi connectivity index (χ1v) is 9.48. The minimum atomic E-state index is 0. The minimum Gasteiger partial charge on any atom is -0.330 e. The number of rotatable bonds is 4. The summed E-state index contributed by atoms with van der Waals surface area (Å²) in [5, 5.41) is 1.97. The highest BCUT2D eigenvalue weighted by Gasteiger charge is 2.32. The molecule has 0 radical (unpaired) electrons. The molecule has 3 aromatic rings. The fourth-order valence-electron chi connectivity index (χ4n) is 3.82. The maximum atomic E-state index is 12.4. The van der Waals surface area contributed by atoms with Crippen molar-refractivity contribution in [1.82, 2.24) is 14.3 Å². The molecule has 26 heavy (non-hydrogen) atoms. The molecule has 0 unspecified atom stereocenters. The van der Waals surface area contributed by atoms with Crippen molar-refractivity contribution in [1.29, 1.82) is 0 Å². The first-order valence-electron chi connectivity index (χ1n) is 8.60. The summed E-state index contributed by atoms with van der Waals surface area (Å²) >= 11 is 1.52. The number of thiazole rings is 1. The van der Waals surface area contributed by atoms with E-state index in [-0.39, 0.29) is 18.0 Å². The van der Waals surface area contributed by atoms with Crippen molar-refractivity contribution in [2.45, 2.75) is 19.4 Å². The van der Waals surface area contributed by atoms with Crippen LogP contribution in [0.25, 0.3) is 4.96 Å². The molecule has 138 valence electrons. The summed E-state index contributed by atoms with van der Waals surface area (Å²) in [5.74, 6) is 0.885. The van der Waals surface area contributed by atoms with Crippen LogP contribution >= 0.6 is 23.7 Å². The van der Waals surface area contributed by atoms with Gasteiger partial charge in [0.05, 0.1) is 5.69 Å². The van der Waals surface area contributed by atoms with Gasteiger partial charge in [-0.05, 0) is 24.9 Å². The second kappa shape index (κ2) is 7.88. The van der Waals surface area contributed by atoms with Crippen LogP contribution in [-0.2, 0) is 6.54 Å². The number of nitrogens with zero attached hydrogens (tertiary/aromatic N) is 3. The molecule has 0 spiro atoms. The van der Waals surface area contributed by atoms with Gasteiger partial charge in [0.25, 0.3) is 5.56 Å². The highest BCUT2D eigenvalue weighted by atomic mass is 35.5. The largest absolute Gasteiger partial charge is 0.330 e. The van der Waals surface area contributed by atoms with E-state index in [1.165, 1.54) is 16.9 Å². The van der Waals surface area contributed by atoms with Gasteiger partial charge in [-0.3, -0.25) is 14.1 Å². The van der Waals surface area contributed by atoms with Crippen molar-refractivity contribution in [3.05, 3.63) is 69.1 Å². The molecule has 1 aliphatic heterocycles. The van der Waals surface area contributed by atoms with Gasteiger partial charge in [0.2, 0.25) is 0 Å². The van der Waals surface area contributed by atoms with Gasteiger partial charge >= 0.3 is 0 Å². The van der Waals surface area contributed by atoms with E-state index in [2.05, 4.69) is 34.1 Å². The SMILES string of the molecule is Cc1csc2nc(CN3C[C@@H](CN)[C@H](c4ccccc4)C3)cc(=O)n12.Cl. The molecular weight excluding hydrogens is 368 g/mol. The van der Waals surface area contributed by atoms with E-state index in [0.717, 1.165) is 29.4 Å². The Morgan fingerprint density at radius 3 is 2.77 bits per heavy atom. The summed E-state index contributed by atoms with van der Waals surface area (Å²) in [4.78, 5) is 20.2. The summed E-state index contributed by atoms with van der Waals surface area (Å²) in [6.07, 6.45) is 0. The summed E-state index contributed by atoms with van der Waals surface area (Å²) in [7, 11) is 0. The maximum absolute atomic E-state index is 12.4. The molecule has 5 nitrogen and oxygen atoms in total. The lowest BCUT2D eigenvalue weighted by molar-refractivity contribution is 0.313. The molecule has 1 saturated heterocycles. The average Bonchev–Trinajstić information content (AvgIpc) is 3.19. The number of likely N-dealkylation sites (tertiary alicyclic amines) is 1. The van der Waals surface area contributed by atoms with Crippen molar-refractivity contribution in [3.8, 4) is 0 Å². The van der Waals surface area contributed by atoms with Crippen molar-refractivity contribution in [2.75, 3.05) is 19.6 Å². The van der Waals surface area contributed by atoms with Crippen LogP contribution in [0.1, 0.15) is 22.9 Å². The van der Waals surface area contributed by atoms with Crippen LogP contribution in [0.2, 0.25) is 0 Å². The first kappa shape index (κ1) is 19.0. The zero-order valence-corrected chi connectivity index (χ0v) is 16.3. The molecule has 0 aliphatic carbocycles. The van der Waals surface area contributed by atoms with Gasteiger partial charge in [0.1, 0.15) is 0 Å². The van der Waals surface area contributed by atoms with Gasteiger partial charge < -0.3 is 5.73 Å². The first-order chi connectivity index (χ1) is 12.2. The summed E-state index contributed by atoms with van der Waals surface area (Å²) in [5.41, 5.74) is 9.16. The zero-order chi connectivity index (χ0) is 17.4. The minimum absolute atomic E-state index is 0. The third-order valence-corrected chi connectivity index (χ3v) is 6.00. The number of benzene rings is 1. The maximum Gasteiger partial charge on any atom is 0.259 e. The topological polar surface area (TPSA) is 63.6 Å². The second-order valence-electron chi connectivity index (χ2n) is 6.79. The monoisotopic (exact) mass is 390 g/mol. The number of nitrogens with two attached hydrogens (primary N) is 1. The molecule has 2 atom stereocenters. The predicted octanol–water partition coefficient (Wildman–Crippen LogP) is 2.66. The van der Waals surface area contributed by atoms with E-state index in [1.807, 2.05) is 18.4 Å². The van der Waals surface area contributed by atoms with E-state index in [4.69, 9.17) is 5.73 Å². The Morgan fingerprint density at radius 1 is 1.27 bits per heavy atom. The summed E-state index contributed by atoms with van der Waals surface area (Å²) < 4.78 is 1.67. The Kier molecular flexibility index (Phi) is 5.77. The highest BCUT2D eigenvalue weighted by Crippen LogP contribution is 2.32. The van der Waals surface area contributed by atoms with E-state index < -0.39 is 0 Å². The van der Waals surface area contributed by atoms with Gasteiger partial charge in [-0.2, -0.15) is 0 Å². The van der Waals surface area contributed by atoms with Crippen LogP contribution in [-0.4, -0.2) is 33.9 Å². The molecule has 1 fully saturated rings. The van der Waals surface area contributed by atoms with E-state index >= 15 is 0 Å². The number of fused-ring (bicyclic) bond motifs is 1. The predicted molar refractivity (Wildman–Crippen MR) is 108 cm³/mol. The normalized spacial score (nSPS) is 20.4. The molecular formula is C19H23ClN4OS. The number of hydrogen-bond acceptors (Lipinski definition) is 5. The zero-order valence-electron chi connectivity index (χ0n) is 14.7. The molecule has 0 amide bonds. The molecule has 2 aromatic heterocycles. The molecule has 1 aromatic carbocycles. The van der Waals surface area contributed by atoms with Gasteiger partial charge in [-0.15, -0.1) is 23.7 Å². The number of aryl methyl sites for hydroxylation is 1. The Morgan fingerprint density at radius 2 is 2.04 bits per heavy atom. The standard InChI is InChI=1S/C19H22N4OS.ClH/c1-13-12-25-19-21-16(7-18(24)23(13)19)10-22-9-15(8-20)17(11-22)14-5-3-2-4-6-14;/h2-7,12,15,17H,8-11,20H2,1H3;1H/t15-,17+;/m1./s1. The molecule has 1 aliphatic rings. The quantitative estimate of drug-likeness (QED) is 0.743. The molecule has 7 heteroatoms. The number of hydrogen-bond donors (Lipinski definition) is 1. The van der Waals surface area contributed by atoms with Crippen LogP contribution < -0.4 is 11.3 Å². The van der Waals surface area contributed by atoms with Crippen molar-refractivity contribution >= 4 is 28.7 Å². The third-order valence-electron chi connectivity index (χ3n) is 5.06. The van der Waals surface area contributed by atoms with Gasteiger partial charge in [-0.25, -0.2) is 4.98 Å². The van der Waals surface area contributed by atoms with Crippen LogP contribution in [0.4, 0.5) is 0 Å². The van der Waals surface area contributed by atoms with E-state index in [9.17, 15) is 4.79 Å². The fourth-order valence-corrected chi connectivity index (χ4v) is 4.71. The summed E-state index contributed by atoms with van der Waals surface area (Å²) in [6.45, 7) is 5.21. The number of halogens is 1. The lowest BCUT2D eigenvalue weighted by atomic mass is 9.89. The molecule has 3 heterocycles. The van der Waals surface area contributed by atoms with Crippen molar-refractivity contribution in [3.63, 3.8) is 0 Å². The van der Waals surface area contributed by atoms with Gasteiger partial charge in [0, 0.05) is 42.7 Å². The lowest BCUT2D eigenvalue weighted by Crippen LogP contribution is -2.25. The Bertz CT molecular complexity index is 940. The van der Waals surface area contributed by atoms with Gasteiger partial charge in [-0.1, -0.05) is 30.3 Å². The molecule has 0 bridgehead atoms. The van der Waals surface area contributed by atoms with Gasteiger partial charge in [0.15, 0.2) is 4.96 Å². The Balaban J connectivity index is 0.00000196. The van der Waals surface area contributed by atoms with Crippen LogP contribution in [0.15, 0.2) is 46.6 Å². The van der Waals surface area contributed by atoms with E-state index in [0.29, 0.717) is 24.9 Å².